The van der Waals surface area contributed by atoms with E-state index in [2.05, 4.69) is 5.32 Å². The van der Waals surface area contributed by atoms with Gasteiger partial charge in [-0.05, 0) is 66.8 Å². The molecule has 1 saturated carbocycles. The zero-order valence-electron chi connectivity index (χ0n) is 16.0. The molecule has 0 bridgehead atoms. The van der Waals surface area contributed by atoms with Crippen molar-refractivity contribution in [1.29, 1.82) is 0 Å². The summed E-state index contributed by atoms with van der Waals surface area (Å²) in [6.07, 6.45) is 1.64. The third kappa shape index (κ3) is 3.14. The van der Waals surface area contributed by atoms with Crippen molar-refractivity contribution in [2.75, 3.05) is 12.1 Å². The number of fused-ring (bicyclic) bond motifs is 1. The second-order valence-corrected chi connectivity index (χ2v) is 8.02. The normalized spacial score (nSPS) is 15.8. The molecule has 1 aliphatic carbocycles. The zero-order valence-corrected chi connectivity index (χ0v) is 16.8. The van der Waals surface area contributed by atoms with Crippen LogP contribution in [0.1, 0.15) is 24.0 Å². The number of aryl methyl sites for hydroxylation is 1. The monoisotopic (exact) mass is 405 g/mol. The maximum atomic E-state index is 13.2. The van der Waals surface area contributed by atoms with Crippen molar-refractivity contribution < 1.29 is 14.3 Å². The van der Waals surface area contributed by atoms with Gasteiger partial charge in [0.15, 0.2) is 11.5 Å². The fraction of sp³-hybridized carbons (Fsp3) is 0.208. The molecule has 0 saturated heterocycles. The van der Waals surface area contributed by atoms with Gasteiger partial charge in [-0.2, -0.15) is 0 Å². The van der Waals surface area contributed by atoms with Gasteiger partial charge in [0.1, 0.15) is 0 Å². The third-order valence-corrected chi connectivity index (χ3v) is 6.10. The first-order valence-electron chi connectivity index (χ1n) is 9.64. The van der Waals surface area contributed by atoms with E-state index in [0.717, 1.165) is 46.5 Å². The number of ether oxygens (including phenoxy) is 2. The Balaban J connectivity index is 1.43. The number of hydrogen-bond donors (Lipinski definition) is 1. The average molecular weight is 406 g/mol. The molecule has 29 heavy (non-hydrogen) atoms. The molecule has 5 rings (SSSR count). The predicted octanol–water partition coefficient (Wildman–Crippen LogP) is 5.71. The van der Waals surface area contributed by atoms with Crippen LogP contribution in [0.2, 0.25) is 5.02 Å². The molecule has 0 spiro atoms. The summed E-state index contributed by atoms with van der Waals surface area (Å²) in [5.41, 5.74) is 4.31. The molecule has 1 amide bonds. The van der Waals surface area contributed by atoms with Crippen LogP contribution in [0.5, 0.6) is 11.5 Å². The number of nitrogens with one attached hydrogen (secondary N) is 1. The number of benzene rings is 3. The Hall–Kier alpha value is -2.98. The van der Waals surface area contributed by atoms with E-state index in [1.54, 1.807) is 0 Å². The molecular formula is C24H20ClNO3. The van der Waals surface area contributed by atoms with Gasteiger partial charge in [-0.15, -0.1) is 0 Å². The third-order valence-electron chi connectivity index (χ3n) is 5.77. The smallest absolute Gasteiger partial charge is 0.235 e. The molecule has 1 fully saturated rings. The van der Waals surface area contributed by atoms with E-state index >= 15 is 0 Å². The Morgan fingerprint density at radius 2 is 1.76 bits per heavy atom. The van der Waals surface area contributed by atoms with Crippen LogP contribution in [0.15, 0.2) is 60.7 Å². The van der Waals surface area contributed by atoms with E-state index in [1.165, 1.54) is 0 Å². The second kappa shape index (κ2) is 6.82. The summed E-state index contributed by atoms with van der Waals surface area (Å²) in [4.78, 5) is 13.2. The van der Waals surface area contributed by atoms with Gasteiger partial charge in [-0.3, -0.25) is 4.79 Å². The van der Waals surface area contributed by atoms with Crippen molar-refractivity contribution in [2.24, 2.45) is 0 Å². The van der Waals surface area contributed by atoms with E-state index in [4.69, 9.17) is 21.1 Å². The highest BCUT2D eigenvalue weighted by Crippen LogP contribution is 2.51. The van der Waals surface area contributed by atoms with Crippen molar-refractivity contribution in [3.63, 3.8) is 0 Å². The molecule has 0 atom stereocenters. The van der Waals surface area contributed by atoms with Crippen LogP contribution in [0.25, 0.3) is 11.1 Å². The van der Waals surface area contributed by atoms with E-state index in [1.807, 2.05) is 67.6 Å². The highest BCUT2D eigenvalue weighted by atomic mass is 35.5. The van der Waals surface area contributed by atoms with Gasteiger partial charge < -0.3 is 14.8 Å². The molecule has 2 aliphatic rings. The van der Waals surface area contributed by atoms with Gasteiger partial charge in [-0.25, -0.2) is 0 Å². The van der Waals surface area contributed by atoms with Crippen molar-refractivity contribution in [3.8, 4) is 22.6 Å². The van der Waals surface area contributed by atoms with Gasteiger partial charge >= 0.3 is 0 Å². The van der Waals surface area contributed by atoms with Crippen molar-refractivity contribution >= 4 is 23.2 Å². The minimum Gasteiger partial charge on any atom is -0.454 e. The molecule has 0 aromatic heterocycles. The number of carbonyl (C=O) groups excluding carboxylic acids is 1. The lowest BCUT2D eigenvalue weighted by molar-refractivity contribution is -0.118. The van der Waals surface area contributed by atoms with Crippen LogP contribution in [0.4, 0.5) is 5.69 Å². The van der Waals surface area contributed by atoms with Crippen LogP contribution in [-0.2, 0) is 10.2 Å². The van der Waals surface area contributed by atoms with Gasteiger partial charge in [0, 0.05) is 16.3 Å². The Morgan fingerprint density at radius 1 is 0.966 bits per heavy atom. The van der Waals surface area contributed by atoms with Gasteiger partial charge in [-0.1, -0.05) is 41.9 Å². The molecule has 0 radical (unpaired) electrons. The quantitative estimate of drug-likeness (QED) is 0.604. The van der Waals surface area contributed by atoms with Crippen LogP contribution in [0, 0.1) is 6.92 Å². The van der Waals surface area contributed by atoms with E-state index in [9.17, 15) is 4.79 Å². The highest BCUT2D eigenvalue weighted by Gasteiger charge is 2.51. The largest absolute Gasteiger partial charge is 0.454 e. The molecule has 3 aromatic rings. The number of amides is 1. The highest BCUT2D eigenvalue weighted by molar-refractivity contribution is 6.33. The molecule has 0 unspecified atom stereocenters. The zero-order chi connectivity index (χ0) is 20.0. The molecule has 1 heterocycles. The summed E-state index contributed by atoms with van der Waals surface area (Å²) in [7, 11) is 0. The Bertz CT molecular complexity index is 1120. The second-order valence-electron chi connectivity index (χ2n) is 7.61. The molecule has 1 aliphatic heterocycles. The number of anilines is 1. The summed E-state index contributed by atoms with van der Waals surface area (Å²) < 4.78 is 10.9. The number of halogens is 1. The summed E-state index contributed by atoms with van der Waals surface area (Å²) >= 11 is 6.39. The average Bonchev–Trinajstić information content (AvgIpc) is 3.41. The lowest BCUT2D eigenvalue weighted by Crippen LogP contribution is -2.27. The lowest BCUT2D eigenvalue weighted by atomic mass is 9.94. The topological polar surface area (TPSA) is 47.6 Å². The number of carbonyl (C=O) groups is 1. The molecule has 146 valence electrons. The lowest BCUT2D eigenvalue weighted by Gasteiger charge is -2.17. The molecule has 3 aromatic carbocycles. The fourth-order valence-corrected chi connectivity index (χ4v) is 4.12. The standard InChI is InChI=1S/C24H20ClNO3/c1-15-6-8-17(13-19(15)18-4-2-3-5-20(18)25)26-23(27)24(10-11-24)16-7-9-21-22(12-16)29-14-28-21/h2-9,12-13H,10-11,14H2,1H3,(H,26,27). The maximum Gasteiger partial charge on any atom is 0.235 e. The van der Waals surface area contributed by atoms with Crippen LogP contribution in [0.3, 0.4) is 0 Å². The SMILES string of the molecule is Cc1ccc(NC(=O)C2(c3ccc4c(c3)OCO4)CC2)cc1-c1ccccc1Cl. The van der Waals surface area contributed by atoms with Crippen LogP contribution in [-0.4, -0.2) is 12.7 Å². The Kier molecular flexibility index (Phi) is 4.25. The first kappa shape index (κ1) is 18.1. The minimum atomic E-state index is -0.504. The number of rotatable bonds is 4. The molecule has 5 heteroatoms. The first-order chi connectivity index (χ1) is 14.1. The van der Waals surface area contributed by atoms with Crippen molar-refractivity contribution in [3.05, 3.63) is 76.8 Å². The fourth-order valence-electron chi connectivity index (χ4n) is 3.89. The number of hydrogen-bond acceptors (Lipinski definition) is 3. The molecule has 4 nitrogen and oxygen atoms in total. The summed E-state index contributed by atoms with van der Waals surface area (Å²) in [5, 5.41) is 3.81. The van der Waals surface area contributed by atoms with Crippen molar-refractivity contribution in [2.45, 2.75) is 25.2 Å². The summed E-state index contributed by atoms with van der Waals surface area (Å²) in [6.45, 7) is 2.27. The molecular weight excluding hydrogens is 386 g/mol. The predicted molar refractivity (Wildman–Crippen MR) is 114 cm³/mol. The van der Waals surface area contributed by atoms with Crippen LogP contribution < -0.4 is 14.8 Å². The first-order valence-corrected chi connectivity index (χ1v) is 10.0. The summed E-state index contributed by atoms with van der Waals surface area (Å²) in [5.74, 6) is 1.44. The Labute approximate surface area is 174 Å². The van der Waals surface area contributed by atoms with E-state index < -0.39 is 5.41 Å². The Morgan fingerprint density at radius 3 is 2.55 bits per heavy atom. The van der Waals surface area contributed by atoms with Gasteiger partial charge in [0.2, 0.25) is 12.7 Å². The van der Waals surface area contributed by atoms with E-state index in [0.29, 0.717) is 10.8 Å². The van der Waals surface area contributed by atoms with E-state index in [-0.39, 0.29) is 12.7 Å². The van der Waals surface area contributed by atoms with Crippen molar-refractivity contribution in [1.82, 2.24) is 0 Å². The summed E-state index contributed by atoms with van der Waals surface area (Å²) in [6, 6.07) is 19.4. The molecule has 1 N–H and O–H groups in total. The maximum absolute atomic E-state index is 13.2. The minimum absolute atomic E-state index is 0.00493. The van der Waals surface area contributed by atoms with Crippen LogP contribution >= 0.6 is 11.6 Å². The van der Waals surface area contributed by atoms with Gasteiger partial charge in [0.25, 0.3) is 0 Å². The van der Waals surface area contributed by atoms with Gasteiger partial charge in [0.05, 0.1) is 5.41 Å².